The monoisotopic (exact) mass is 194 g/mol. The smallest absolute Gasteiger partial charge is 0.117 e. The van der Waals surface area contributed by atoms with Crippen LogP contribution in [0, 0.1) is 5.41 Å². The molecular formula is C13H10N2. The number of hydrogen-bond acceptors (Lipinski definition) is 2. The molecule has 1 aromatic heterocycles. The van der Waals surface area contributed by atoms with Crippen molar-refractivity contribution in [1.29, 1.82) is 0 Å². The fourth-order valence-electron chi connectivity index (χ4n) is 2.88. The van der Waals surface area contributed by atoms with E-state index < -0.39 is 0 Å². The molecule has 2 unspecified atom stereocenters. The van der Waals surface area contributed by atoms with Gasteiger partial charge in [0.25, 0.3) is 0 Å². The zero-order valence-electron chi connectivity index (χ0n) is 8.22. The Labute approximate surface area is 88.1 Å². The molecule has 0 N–H and O–H groups in total. The van der Waals surface area contributed by atoms with Crippen molar-refractivity contribution in [1.82, 2.24) is 4.98 Å². The molecule has 0 amide bonds. The third-order valence-corrected chi connectivity index (χ3v) is 3.76. The van der Waals surface area contributed by atoms with Crippen molar-refractivity contribution < 1.29 is 0 Å². The van der Waals surface area contributed by atoms with Crippen LogP contribution in [0.3, 0.4) is 0 Å². The first-order valence-electron chi connectivity index (χ1n) is 5.24. The normalized spacial score (nSPS) is 38.1. The third kappa shape index (κ3) is 0.696. The highest BCUT2D eigenvalue weighted by Gasteiger charge is 2.69. The zero-order chi connectivity index (χ0) is 9.93. The molecule has 3 aliphatic rings. The highest BCUT2D eigenvalue weighted by atomic mass is 15.0. The molecule has 2 nitrogen and oxygen atoms in total. The molecule has 1 fully saturated rings. The molecular weight excluding hydrogens is 184 g/mol. The van der Waals surface area contributed by atoms with E-state index in [2.05, 4.69) is 34.3 Å². The highest BCUT2D eigenvalue weighted by molar-refractivity contribution is 5.78. The summed E-state index contributed by atoms with van der Waals surface area (Å²) in [4.78, 5) is 9.18. The van der Waals surface area contributed by atoms with Crippen LogP contribution < -0.4 is 0 Å². The molecule has 0 radical (unpaired) electrons. The molecule has 4 rings (SSSR count). The van der Waals surface area contributed by atoms with Crippen LogP contribution in [0.1, 0.15) is 17.7 Å². The summed E-state index contributed by atoms with van der Waals surface area (Å²) in [5.41, 5.74) is 2.45. The molecule has 1 saturated carbocycles. The van der Waals surface area contributed by atoms with Crippen LogP contribution >= 0.6 is 0 Å². The van der Waals surface area contributed by atoms with Crippen LogP contribution in [-0.4, -0.2) is 11.2 Å². The van der Waals surface area contributed by atoms with Gasteiger partial charge in [0.05, 0.1) is 5.69 Å². The Balaban J connectivity index is 2.04. The van der Waals surface area contributed by atoms with Gasteiger partial charge >= 0.3 is 0 Å². The molecule has 2 aliphatic carbocycles. The van der Waals surface area contributed by atoms with Crippen molar-refractivity contribution in [2.45, 2.75) is 12.0 Å². The summed E-state index contributed by atoms with van der Waals surface area (Å²) in [5.74, 6) is 0. The lowest BCUT2D eigenvalue weighted by Crippen LogP contribution is -2.21. The van der Waals surface area contributed by atoms with E-state index in [1.165, 1.54) is 5.56 Å². The molecule has 0 spiro atoms. The average Bonchev–Trinajstić information content (AvgIpc) is 2.99. The minimum absolute atomic E-state index is 0.0624. The Bertz CT molecular complexity index is 541. The molecule has 0 aromatic carbocycles. The predicted molar refractivity (Wildman–Crippen MR) is 59.6 cm³/mol. The van der Waals surface area contributed by atoms with E-state index in [9.17, 15) is 0 Å². The maximum Gasteiger partial charge on any atom is 0.117 e. The number of allylic oxidation sites excluding steroid dienone is 1. The van der Waals surface area contributed by atoms with E-state index in [-0.39, 0.29) is 11.0 Å². The Kier molecular flexibility index (Phi) is 1.06. The van der Waals surface area contributed by atoms with E-state index in [0.717, 1.165) is 12.1 Å². The topological polar surface area (TPSA) is 25.2 Å². The van der Waals surface area contributed by atoms with Gasteiger partial charge in [-0.3, -0.25) is 9.98 Å². The lowest BCUT2D eigenvalue weighted by molar-refractivity contribution is 0.589. The quantitative estimate of drug-likeness (QED) is 0.622. The molecule has 72 valence electrons. The average molecular weight is 194 g/mol. The molecule has 0 saturated heterocycles. The summed E-state index contributed by atoms with van der Waals surface area (Å²) >= 11 is 0. The van der Waals surface area contributed by atoms with Crippen LogP contribution in [0.5, 0.6) is 0 Å². The first-order chi connectivity index (χ1) is 7.36. The Morgan fingerprint density at radius 1 is 1.27 bits per heavy atom. The second kappa shape index (κ2) is 2.11. The van der Waals surface area contributed by atoms with Crippen molar-refractivity contribution in [3.05, 3.63) is 47.8 Å². The molecule has 1 aliphatic heterocycles. The van der Waals surface area contributed by atoms with Gasteiger partial charge < -0.3 is 0 Å². The minimum Gasteiger partial charge on any atom is -0.279 e. The third-order valence-electron chi connectivity index (χ3n) is 3.76. The van der Waals surface area contributed by atoms with E-state index in [1.54, 1.807) is 0 Å². The maximum atomic E-state index is 4.66. The van der Waals surface area contributed by atoms with Gasteiger partial charge in [-0.05, 0) is 24.1 Å². The SMILES string of the molecule is C1=CC23C=Cc4cccnc4C2(C3)N=C1. The number of rotatable bonds is 0. The summed E-state index contributed by atoms with van der Waals surface area (Å²) in [5, 5.41) is 0. The van der Waals surface area contributed by atoms with E-state index in [1.807, 2.05) is 24.6 Å². The van der Waals surface area contributed by atoms with Gasteiger partial charge in [-0.1, -0.05) is 24.3 Å². The lowest BCUT2D eigenvalue weighted by Gasteiger charge is -2.24. The van der Waals surface area contributed by atoms with E-state index in [0.29, 0.717) is 0 Å². The second-order valence-electron chi connectivity index (χ2n) is 4.49. The molecule has 15 heavy (non-hydrogen) atoms. The number of dihydropyridines is 1. The second-order valence-corrected chi connectivity index (χ2v) is 4.49. The summed E-state index contributed by atoms with van der Waals surface area (Å²) in [7, 11) is 0. The lowest BCUT2D eigenvalue weighted by atomic mass is 9.87. The van der Waals surface area contributed by atoms with Crippen molar-refractivity contribution >= 4 is 12.3 Å². The standard InChI is InChI=1S/C13H10N2/c1-3-10-4-6-12-5-2-8-15-13(12,9-12)11(10)14-7-1/h1-8H,9H2. The van der Waals surface area contributed by atoms with Crippen LogP contribution in [0.2, 0.25) is 0 Å². The largest absolute Gasteiger partial charge is 0.279 e. The number of nitrogens with zero attached hydrogens (tertiary/aromatic N) is 2. The first-order valence-corrected chi connectivity index (χ1v) is 5.24. The minimum atomic E-state index is -0.0624. The number of fused-ring (bicyclic) bond motifs is 1. The molecule has 1 aromatic rings. The Hall–Kier alpha value is -1.70. The molecule has 2 atom stereocenters. The van der Waals surface area contributed by atoms with Gasteiger partial charge in [0.2, 0.25) is 0 Å². The maximum absolute atomic E-state index is 4.66. The van der Waals surface area contributed by atoms with Gasteiger partial charge in [0, 0.05) is 17.8 Å². The van der Waals surface area contributed by atoms with Crippen LogP contribution in [0.15, 0.2) is 41.6 Å². The van der Waals surface area contributed by atoms with Crippen LogP contribution in [-0.2, 0) is 5.54 Å². The summed E-state index contributed by atoms with van der Waals surface area (Å²) < 4.78 is 0. The van der Waals surface area contributed by atoms with Gasteiger partial charge in [-0.15, -0.1) is 0 Å². The molecule has 0 bridgehead atoms. The summed E-state index contributed by atoms with van der Waals surface area (Å²) in [6.07, 6.45) is 13.6. The highest BCUT2D eigenvalue weighted by Crippen LogP contribution is 2.70. The van der Waals surface area contributed by atoms with Crippen molar-refractivity contribution in [2.75, 3.05) is 0 Å². The van der Waals surface area contributed by atoms with Gasteiger partial charge in [0.15, 0.2) is 0 Å². The Morgan fingerprint density at radius 2 is 2.27 bits per heavy atom. The number of pyridine rings is 1. The first kappa shape index (κ1) is 7.57. The summed E-state index contributed by atoms with van der Waals surface area (Å²) in [6, 6.07) is 4.10. The van der Waals surface area contributed by atoms with Crippen LogP contribution in [0.4, 0.5) is 0 Å². The van der Waals surface area contributed by atoms with Crippen molar-refractivity contribution in [3.63, 3.8) is 0 Å². The van der Waals surface area contributed by atoms with Crippen LogP contribution in [0.25, 0.3) is 6.08 Å². The fourth-order valence-corrected chi connectivity index (χ4v) is 2.88. The molecule has 2 heterocycles. The van der Waals surface area contributed by atoms with Gasteiger partial charge in [-0.25, -0.2) is 0 Å². The Morgan fingerprint density at radius 3 is 3.27 bits per heavy atom. The number of hydrogen-bond donors (Lipinski definition) is 0. The van der Waals surface area contributed by atoms with Gasteiger partial charge in [-0.2, -0.15) is 0 Å². The predicted octanol–water partition coefficient (Wildman–Crippen LogP) is 2.33. The number of aliphatic imine (C=N–C) groups is 1. The van der Waals surface area contributed by atoms with Crippen molar-refractivity contribution in [3.8, 4) is 0 Å². The number of aromatic nitrogens is 1. The van der Waals surface area contributed by atoms with E-state index in [4.69, 9.17) is 0 Å². The van der Waals surface area contributed by atoms with Crippen molar-refractivity contribution in [2.24, 2.45) is 10.4 Å². The fraction of sp³-hybridized carbons (Fsp3) is 0.231. The van der Waals surface area contributed by atoms with E-state index >= 15 is 0 Å². The van der Waals surface area contributed by atoms with Gasteiger partial charge in [0.1, 0.15) is 5.54 Å². The molecule has 2 heteroatoms. The summed E-state index contributed by atoms with van der Waals surface area (Å²) in [6.45, 7) is 0. The zero-order valence-corrected chi connectivity index (χ0v) is 8.22.